The number of non-ortho nitro benzene ring substituents is 2. The number of rotatable bonds is 16. The molecule has 0 aliphatic heterocycles. The summed E-state index contributed by atoms with van der Waals surface area (Å²) in [5.74, 6) is 0.718. The Morgan fingerprint density at radius 3 is 1.82 bits per heavy atom. The largest absolute Gasteiger partial charge is 0.491 e. The van der Waals surface area contributed by atoms with Gasteiger partial charge >= 0.3 is 0 Å². The first-order chi connectivity index (χ1) is 19.2. The number of ether oxygens (including phenoxy) is 2. The highest BCUT2D eigenvalue weighted by Gasteiger charge is 2.24. The number of hydrogen-bond acceptors (Lipinski definition) is 9. The lowest BCUT2D eigenvalue weighted by molar-refractivity contribution is -0.385. The van der Waals surface area contributed by atoms with E-state index in [1.807, 2.05) is 43.0 Å². The van der Waals surface area contributed by atoms with Crippen LogP contribution < -0.4 is 4.74 Å². The van der Waals surface area contributed by atoms with Crippen molar-refractivity contribution in [2.75, 3.05) is 32.9 Å². The van der Waals surface area contributed by atoms with Crippen LogP contribution in [0.1, 0.15) is 42.7 Å². The molecule has 11 heteroatoms. The van der Waals surface area contributed by atoms with Gasteiger partial charge in [-0.2, -0.15) is 0 Å². The fraction of sp³-hybridized carbons (Fsp3) is 0.379. The van der Waals surface area contributed by atoms with Gasteiger partial charge in [0.05, 0.1) is 28.7 Å². The number of nitro groups is 2. The van der Waals surface area contributed by atoms with Gasteiger partial charge in [-0.1, -0.05) is 36.4 Å². The summed E-state index contributed by atoms with van der Waals surface area (Å²) in [7, 11) is 0. The van der Waals surface area contributed by atoms with Crippen molar-refractivity contribution < 1.29 is 29.5 Å². The van der Waals surface area contributed by atoms with Gasteiger partial charge in [0.15, 0.2) is 0 Å². The third-order valence-corrected chi connectivity index (χ3v) is 6.52. The molecule has 3 aromatic carbocycles. The van der Waals surface area contributed by atoms with E-state index < -0.39 is 22.1 Å². The molecule has 0 saturated carbocycles. The van der Waals surface area contributed by atoms with E-state index in [0.29, 0.717) is 37.4 Å². The van der Waals surface area contributed by atoms with E-state index >= 15 is 0 Å². The third kappa shape index (κ3) is 9.09. The summed E-state index contributed by atoms with van der Waals surface area (Å²) >= 11 is 0. The van der Waals surface area contributed by atoms with Crippen LogP contribution in [0.15, 0.2) is 72.8 Å². The second-order valence-electron chi connectivity index (χ2n) is 9.43. The molecule has 214 valence electrons. The fourth-order valence-electron chi connectivity index (χ4n) is 4.34. The van der Waals surface area contributed by atoms with Crippen LogP contribution in [0.25, 0.3) is 0 Å². The van der Waals surface area contributed by atoms with Gasteiger partial charge in [-0.3, -0.25) is 25.1 Å². The molecule has 0 aliphatic rings. The molecule has 0 fully saturated rings. The van der Waals surface area contributed by atoms with Crippen molar-refractivity contribution in [3.63, 3.8) is 0 Å². The quantitative estimate of drug-likeness (QED) is 0.147. The lowest BCUT2D eigenvalue weighted by Gasteiger charge is -2.33. The van der Waals surface area contributed by atoms with Crippen LogP contribution in [-0.4, -0.2) is 63.9 Å². The molecular weight excluding hydrogens is 518 g/mol. The zero-order chi connectivity index (χ0) is 29.1. The van der Waals surface area contributed by atoms with Crippen LogP contribution in [0, 0.1) is 20.2 Å². The van der Waals surface area contributed by atoms with Crippen molar-refractivity contribution in [3.8, 4) is 5.75 Å². The smallest absolute Gasteiger partial charge is 0.269 e. The molecule has 0 spiro atoms. The Labute approximate surface area is 232 Å². The van der Waals surface area contributed by atoms with E-state index in [1.165, 1.54) is 36.4 Å². The Morgan fingerprint density at radius 1 is 0.825 bits per heavy atom. The van der Waals surface area contributed by atoms with E-state index in [-0.39, 0.29) is 30.5 Å². The predicted molar refractivity (Wildman–Crippen MR) is 149 cm³/mol. The Kier molecular flexibility index (Phi) is 11.5. The molecule has 0 bridgehead atoms. The first kappa shape index (κ1) is 30.6. The van der Waals surface area contributed by atoms with E-state index in [0.717, 1.165) is 11.3 Å². The third-order valence-electron chi connectivity index (χ3n) is 6.52. The van der Waals surface area contributed by atoms with E-state index in [4.69, 9.17) is 9.47 Å². The second kappa shape index (κ2) is 15.0. The second-order valence-corrected chi connectivity index (χ2v) is 9.43. The van der Waals surface area contributed by atoms with Gasteiger partial charge in [-0.05, 0) is 49.1 Å². The minimum atomic E-state index is -1.07. The van der Waals surface area contributed by atoms with Crippen molar-refractivity contribution in [2.24, 2.45) is 0 Å². The molecule has 2 N–H and O–H groups in total. The highest BCUT2D eigenvalue weighted by atomic mass is 16.6. The molecule has 3 rings (SSSR count). The molecule has 0 aliphatic carbocycles. The van der Waals surface area contributed by atoms with Gasteiger partial charge in [-0.25, -0.2) is 0 Å². The topological polar surface area (TPSA) is 148 Å². The Balaban J connectivity index is 1.77. The van der Waals surface area contributed by atoms with Crippen LogP contribution in [0.5, 0.6) is 5.75 Å². The predicted octanol–water partition coefficient (Wildman–Crippen LogP) is 4.62. The van der Waals surface area contributed by atoms with Crippen LogP contribution >= 0.6 is 0 Å². The first-order valence-electron chi connectivity index (χ1n) is 13.1. The molecule has 0 amide bonds. The number of aliphatic hydroxyl groups excluding tert-OH is 2. The summed E-state index contributed by atoms with van der Waals surface area (Å²) in [4.78, 5) is 23.3. The molecule has 40 heavy (non-hydrogen) atoms. The van der Waals surface area contributed by atoms with Crippen molar-refractivity contribution >= 4 is 11.4 Å². The monoisotopic (exact) mass is 553 g/mol. The molecule has 0 saturated heterocycles. The zero-order valence-corrected chi connectivity index (χ0v) is 22.6. The summed E-state index contributed by atoms with van der Waals surface area (Å²) < 4.78 is 11.0. The average Bonchev–Trinajstić information content (AvgIpc) is 2.95. The normalized spacial score (nSPS) is 13.5. The Bertz CT molecular complexity index is 1190. The maximum atomic E-state index is 11.2. The first-order valence-corrected chi connectivity index (χ1v) is 13.1. The number of hydrogen-bond donors (Lipinski definition) is 2. The van der Waals surface area contributed by atoms with Gasteiger partial charge < -0.3 is 19.7 Å². The Hall–Kier alpha value is -3.90. The molecule has 11 nitrogen and oxygen atoms in total. The van der Waals surface area contributed by atoms with Gasteiger partial charge in [0.1, 0.15) is 12.4 Å². The van der Waals surface area contributed by atoms with Crippen molar-refractivity contribution in [1.82, 2.24) is 4.90 Å². The average molecular weight is 554 g/mol. The van der Waals surface area contributed by atoms with E-state index in [9.17, 15) is 30.4 Å². The minimum absolute atomic E-state index is 0.0763. The lowest BCUT2D eigenvalue weighted by Crippen LogP contribution is -2.40. The molecule has 3 aromatic rings. The zero-order valence-electron chi connectivity index (χ0n) is 22.6. The summed E-state index contributed by atoms with van der Waals surface area (Å²) in [6.07, 6.45) is -1.57. The van der Waals surface area contributed by atoms with Crippen LogP contribution in [0.2, 0.25) is 0 Å². The summed E-state index contributed by atoms with van der Waals surface area (Å²) in [5.41, 5.74) is 1.51. The van der Waals surface area contributed by atoms with E-state index in [2.05, 4.69) is 0 Å². The standard InChI is InChI=1S/C29H35N3O8/c1-3-39-14-15-40-27-12-10-22(11-13-27)16-21(2)30(19-28(33)23-6-4-8-25(17-23)31(35)36)20-29(34)24-7-5-9-26(18-24)32(37)38/h4-13,17-18,21,28-29,33-34H,3,14-16,19-20H2,1-2H3/t21-,28+,29?/m1/s1. The van der Waals surface area contributed by atoms with E-state index in [1.54, 1.807) is 12.1 Å². The maximum absolute atomic E-state index is 11.2. The summed E-state index contributed by atoms with van der Waals surface area (Å²) in [5, 5.41) is 44.4. The fourth-order valence-corrected chi connectivity index (χ4v) is 4.34. The van der Waals surface area contributed by atoms with Gasteiger partial charge in [0.2, 0.25) is 0 Å². The molecule has 0 radical (unpaired) electrons. The molecular formula is C29H35N3O8. The number of nitrogens with zero attached hydrogens (tertiary/aromatic N) is 3. The lowest BCUT2D eigenvalue weighted by atomic mass is 10.0. The van der Waals surface area contributed by atoms with Crippen LogP contribution in [-0.2, 0) is 11.2 Å². The van der Waals surface area contributed by atoms with Gasteiger partial charge in [0, 0.05) is 50.0 Å². The summed E-state index contributed by atoms with van der Waals surface area (Å²) in [6.45, 7) is 5.60. The highest BCUT2D eigenvalue weighted by molar-refractivity contribution is 5.36. The Morgan fingerprint density at radius 2 is 1.35 bits per heavy atom. The number of aliphatic hydroxyl groups is 2. The SMILES string of the molecule is CCOCCOc1ccc(C[C@@H](C)N(CC(O)c2cccc([N+](=O)[O-])c2)C[C@H](O)c2cccc([N+](=O)[O-])c2)cc1. The van der Waals surface area contributed by atoms with Crippen LogP contribution in [0.4, 0.5) is 11.4 Å². The molecule has 1 unspecified atom stereocenters. The highest BCUT2D eigenvalue weighted by Crippen LogP contribution is 2.25. The number of nitro benzene ring substituents is 2. The molecule has 0 heterocycles. The number of benzene rings is 3. The molecule has 3 atom stereocenters. The minimum Gasteiger partial charge on any atom is -0.491 e. The van der Waals surface area contributed by atoms with Gasteiger partial charge in [-0.15, -0.1) is 0 Å². The van der Waals surface area contributed by atoms with Crippen molar-refractivity contribution in [2.45, 2.75) is 38.5 Å². The van der Waals surface area contributed by atoms with Crippen LogP contribution in [0.3, 0.4) is 0 Å². The molecule has 0 aromatic heterocycles. The maximum Gasteiger partial charge on any atom is 0.269 e. The van der Waals surface area contributed by atoms with Crippen molar-refractivity contribution in [3.05, 3.63) is 110 Å². The van der Waals surface area contributed by atoms with Gasteiger partial charge in [0.25, 0.3) is 11.4 Å². The van der Waals surface area contributed by atoms with Crippen molar-refractivity contribution in [1.29, 1.82) is 0 Å². The summed E-state index contributed by atoms with van der Waals surface area (Å²) in [6, 6.07) is 19.1.